The fourth-order valence-electron chi connectivity index (χ4n) is 5.06. The van der Waals surface area contributed by atoms with Gasteiger partial charge in [-0.2, -0.15) is 4.83 Å². The zero-order chi connectivity index (χ0) is 15.6. The molecule has 118 valence electrons. The molecular weight excluding hydrogens is 296 g/mol. The fourth-order valence-corrected chi connectivity index (χ4v) is 6.80. The number of hydrazine groups is 1. The van der Waals surface area contributed by atoms with Crippen molar-refractivity contribution in [3.05, 3.63) is 41.5 Å². The molecule has 0 amide bonds. The lowest BCUT2D eigenvalue weighted by Gasteiger charge is -2.45. The molecule has 0 radical (unpaired) electrons. The lowest BCUT2D eigenvalue weighted by Crippen LogP contribution is -2.62. The van der Waals surface area contributed by atoms with Crippen LogP contribution in [0.3, 0.4) is 0 Å². The summed E-state index contributed by atoms with van der Waals surface area (Å²) in [5.74, 6) is 0.674. The molecule has 1 aliphatic heterocycles. The van der Waals surface area contributed by atoms with E-state index in [2.05, 4.69) is 42.3 Å². The van der Waals surface area contributed by atoms with Crippen molar-refractivity contribution in [3.63, 3.8) is 0 Å². The van der Waals surface area contributed by atoms with Gasteiger partial charge in [-0.15, -0.1) is 0 Å². The van der Waals surface area contributed by atoms with Gasteiger partial charge in [-0.25, -0.2) is 13.8 Å². The van der Waals surface area contributed by atoms with Gasteiger partial charge in [0, 0.05) is 5.41 Å². The zero-order valence-electron chi connectivity index (χ0n) is 13.0. The molecule has 2 bridgehead atoms. The van der Waals surface area contributed by atoms with Gasteiger partial charge in [0.05, 0.1) is 11.8 Å². The standard InChI is InChI=1S/C17H22N2O2S/c1-16(2)14-8-9-17(16)11-22(20,21)19-18-15(17)13(14)10-12-6-4-3-5-7-12/h3-7,10,14-15,18-19H,8-9,11H2,1-2H3/b13-10+/t14-,15-,17-/m1/s1. The molecule has 2 saturated carbocycles. The number of rotatable bonds is 1. The molecule has 1 spiro atoms. The molecule has 2 aliphatic carbocycles. The average molecular weight is 318 g/mol. The van der Waals surface area contributed by atoms with Crippen molar-refractivity contribution < 1.29 is 8.42 Å². The van der Waals surface area contributed by atoms with Crippen LogP contribution in [-0.4, -0.2) is 20.2 Å². The first-order chi connectivity index (χ1) is 10.4. The molecule has 5 heteroatoms. The number of nitrogens with one attached hydrogen (secondary N) is 2. The Morgan fingerprint density at radius 2 is 1.95 bits per heavy atom. The summed E-state index contributed by atoms with van der Waals surface area (Å²) in [7, 11) is -3.24. The van der Waals surface area contributed by atoms with Crippen LogP contribution >= 0.6 is 0 Å². The Morgan fingerprint density at radius 3 is 2.68 bits per heavy atom. The molecule has 4 nitrogen and oxygen atoms in total. The van der Waals surface area contributed by atoms with Crippen molar-refractivity contribution >= 4 is 16.1 Å². The van der Waals surface area contributed by atoms with Gasteiger partial charge in [-0.1, -0.05) is 50.3 Å². The molecule has 0 unspecified atom stereocenters. The summed E-state index contributed by atoms with van der Waals surface area (Å²) >= 11 is 0. The van der Waals surface area contributed by atoms with Crippen molar-refractivity contribution in [3.8, 4) is 0 Å². The van der Waals surface area contributed by atoms with E-state index < -0.39 is 10.0 Å². The van der Waals surface area contributed by atoms with Gasteiger partial charge in [0.1, 0.15) is 0 Å². The van der Waals surface area contributed by atoms with Crippen molar-refractivity contribution in [2.75, 3.05) is 5.75 Å². The molecular formula is C17H22N2O2S. The normalized spacial score (nSPS) is 39.8. The van der Waals surface area contributed by atoms with Gasteiger partial charge in [0.25, 0.3) is 0 Å². The Labute approximate surface area is 132 Å². The molecule has 3 fully saturated rings. The maximum Gasteiger partial charge on any atom is 0.224 e. The third-order valence-electron chi connectivity index (χ3n) is 6.26. The van der Waals surface area contributed by atoms with E-state index in [0.29, 0.717) is 5.92 Å². The molecule has 3 aliphatic rings. The van der Waals surface area contributed by atoms with Crippen LogP contribution in [0, 0.1) is 16.7 Å². The Bertz CT molecular complexity index is 739. The number of sulfonamides is 1. The second-order valence-electron chi connectivity index (χ2n) is 7.46. The predicted octanol–water partition coefficient (Wildman–Crippen LogP) is 2.31. The molecule has 3 atom stereocenters. The van der Waals surface area contributed by atoms with Gasteiger partial charge in [0.2, 0.25) is 10.0 Å². The Balaban J connectivity index is 1.83. The largest absolute Gasteiger partial charge is 0.236 e. The van der Waals surface area contributed by atoms with E-state index in [9.17, 15) is 8.42 Å². The van der Waals surface area contributed by atoms with Crippen LogP contribution in [0.4, 0.5) is 0 Å². The topological polar surface area (TPSA) is 58.2 Å². The van der Waals surface area contributed by atoms with Crippen molar-refractivity contribution in [1.82, 2.24) is 10.3 Å². The number of benzene rings is 1. The first-order valence-corrected chi connectivity index (χ1v) is 9.53. The second kappa shape index (κ2) is 4.43. The van der Waals surface area contributed by atoms with Crippen molar-refractivity contribution in [2.24, 2.45) is 16.7 Å². The zero-order valence-corrected chi connectivity index (χ0v) is 13.8. The minimum absolute atomic E-state index is 0.000447. The van der Waals surface area contributed by atoms with E-state index >= 15 is 0 Å². The van der Waals surface area contributed by atoms with Gasteiger partial charge in [0.15, 0.2) is 0 Å². The molecule has 1 saturated heterocycles. The summed E-state index contributed by atoms with van der Waals surface area (Å²) in [6.45, 7) is 4.48. The summed E-state index contributed by atoms with van der Waals surface area (Å²) < 4.78 is 24.3. The summed E-state index contributed by atoms with van der Waals surface area (Å²) in [5, 5.41) is 0. The summed E-state index contributed by atoms with van der Waals surface area (Å²) in [6, 6.07) is 10.4. The maximum absolute atomic E-state index is 12.1. The van der Waals surface area contributed by atoms with Gasteiger partial charge in [-0.05, 0) is 35.3 Å². The van der Waals surface area contributed by atoms with Crippen molar-refractivity contribution in [2.45, 2.75) is 32.7 Å². The van der Waals surface area contributed by atoms with Gasteiger partial charge in [-0.3, -0.25) is 0 Å². The van der Waals surface area contributed by atoms with Gasteiger partial charge >= 0.3 is 0 Å². The highest BCUT2D eigenvalue weighted by Crippen LogP contribution is 2.68. The molecule has 1 heterocycles. The highest BCUT2D eigenvalue weighted by atomic mass is 32.2. The number of hydrogen-bond acceptors (Lipinski definition) is 3. The average Bonchev–Trinajstić information content (AvgIpc) is 2.79. The first kappa shape index (κ1) is 14.4. The van der Waals surface area contributed by atoms with Crippen LogP contribution in [0.2, 0.25) is 0 Å². The summed E-state index contributed by atoms with van der Waals surface area (Å²) in [5.41, 5.74) is 5.46. The van der Waals surface area contributed by atoms with Crippen LogP contribution < -0.4 is 10.3 Å². The summed E-state index contributed by atoms with van der Waals surface area (Å²) in [4.78, 5) is 2.54. The van der Waals surface area contributed by atoms with E-state index in [-0.39, 0.29) is 22.6 Å². The second-order valence-corrected chi connectivity index (χ2v) is 9.18. The monoisotopic (exact) mass is 318 g/mol. The molecule has 0 aromatic heterocycles. The quantitative estimate of drug-likeness (QED) is 0.835. The smallest absolute Gasteiger partial charge is 0.224 e. The predicted molar refractivity (Wildman–Crippen MR) is 87.2 cm³/mol. The van der Waals surface area contributed by atoms with Crippen LogP contribution in [0.15, 0.2) is 35.9 Å². The molecule has 4 rings (SSSR count). The number of fused-ring (bicyclic) bond motifs is 1. The highest BCUT2D eigenvalue weighted by Gasteiger charge is 2.68. The lowest BCUT2D eigenvalue weighted by atomic mass is 9.69. The van der Waals surface area contributed by atoms with E-state index in [1.54, 1.807) is 0 Å². The van der Waals surface area contributed by atoms with E-state index in [4.69, 9.17) is 0 Å². The van der Waals surface area contributed by atoms with Crippen LogP contribution in [0.5, 0.6) is 0 Å². The van der Waals surface area contributed by atoms with Crippen molar-refractivity contribution in [1.29, 1.82) is 0 Å². The Kier molecular flexibility index (Phi) is 2.91. The van der Waals surface area contributed by atoms with Crippen LogP contribution in [0.25, 0.3) is 6.08 Å². The minimum Gasteiger partial charge on any atom is -0.236 e. The summed E-state index contributed by atoms with van der Waals surface area (Å²) in [6.07, 6.45) is 4.32. The van der Waals surface area contributed by atoms with E-state index in [1.165, 1.54) is 11.1 Å². The highest BCUT2D eigenvalue weighted by molar-refractivity contribution is 7.89. The molecule has 2 N–H and O–H groups in total. The lowest BCUT2D eigenvalue weighted by molar-refractivity contribution is 0.114. The minimum atomic E-state index is -3.24. The third-order valence-corrected chi connectivity index (χ3v) is 7.59. The molecule has 1 aromatic carbocycles. The Hall–Kier alpha value is -1.17. The first-order valence-electron chi connectivity index (χ1n) is 7.87. The Morgan fingerprint density at radius 1 is 1.23 bits per heavy atom. The van der Waals surface area contributed by atoms with Gasteiger partial charge < -0.3 is 0 Å². The van der Waals surface area contributed by atoms with Crippen LogP contribution in [0.1, 0.15) is 32.3 Å². The number of hydrogen-bond donors (Lipinski definition) is 2. The fraction of sp³-hybridized carbons (Fsp3) is 0.529. The van der Waals surface area contributed by atoms with E-state index in [1.807, 2.05) is 18.2 Å². The molecule has 1 aromatic rings. The van der Waals surface area contributed by atoms with Crippen LogP contribution in [-0.2, 0) is 10.0 Å². The van der Waals surface area contributed by atoms with E-state index in [0.717, 1.165) is 12.8 Å². The third kappa shape index (κ3) is 1.79. The maximum atomic E-state index is 12.1. The SMILES string of the molecule is CC1(C)[C@@H]2CC[C@]13CS(=O)(=O)NN[C@@H]3/C2=C/c1ccccc1. The molecule has 22 heavy (non-hydrogen) atoms.